The van der Waals surface area contributed by atoms with Gasteiger partial charge in [0.05, 0.1) is 23.5 Å². The van der Waals surface area contributed by atoms with Gasteiger partial charge in [0.1, 0.15) is 0 Å². The zero-order valence-corrected chi connectivity index (χ0v) is 19.1. The van der Waals surface area contributed by atoms with Crippen LogP contribution in [0.25, 0.3) is 10.8 Å². The highest BCUT2D eigenvalue weighted by Gasteiger charge is 2.49. The summed E-state index contributed by atoms with van der Waals surface area (Å²) in [4.78, 5) is 8.26. The van der Waals surface area contributed by atoms with Crippen LogP contribution in [0.1, 0.15) is 36.0 Å². The Morgan fingerprint density at radius 3 is 2.53 bits per heavy atom. The van der Waals surface area contributed by atoms with E-state index in [1.165, 1.54) is 0 Å². The lowest BCUT2D eigenvalue weighted by Crippen LogP contribution is -2.30. The fourth-order valence-electron chi connectivity index (χ4n) is 3.65. The molecule has 0 radical (unpaired) electrons. The van der Waals surface area contributed by atoms with Crippen LogP contribution in [0.3, 0.4) is 0 Å². The number of ether oxygens (including phenoxy) is 1. The summed E-state index contributed by atoms with van der Waals surface area (Å²) in [6.07, 6.45) is 0.436. The normalized spacial score (nSPS) is 19.1. The molecule has 0 amide bonds. The van der Waals surface area contributed by atoms with Crippen molar-refractivity contribution in [3.05, 3.63) is 58.2 Å². The number of aromatic nitrogens is 2. The zero-order chi connectivity index (χ0) is 23.3. The number of halogens is 4. The molecular weight excluding hydrogens is 489 g/mol. The third kappa shape index (κ3) is 4.14. The van der Waals surface area contributed by atoms with E-state index in [1.54, 1.807) is 19.2 Å². The van der Waals surface area contributed by atoms with Gasteiger partial charge < -0.3 is 8.92 Å². The maximum Gasteiger partial charge on any atom is 0.534 e. The molecule has 2 aromatic carbocycles. The smallest absolute Gasteiger partial charge is 0.365 e. The summed E-state index contributed by atoms with van der Waals surface area (Å²) in [5.41, 5.74) is -4.38. The number of rotatable bonds is 4. The van der Waals surface area contributed by atoms with Crippen LogP contribution in [-0.2, 0) is 21.3 Å². The summed E-state index contributed by atoms with van der Waals surface area (Å²) in [7, 11) is -5.91. The quantitative estimate of drug-likeness (QED) is 0.198. The molecule has 0 N–H and O–H groups in total. The summed E-state index contributed by atoms with van der Waals surface area (Å²) in [5, 5.41) is 2.32. The lowest BCUT2D eigenvalue weighted by molar-refractivity contribution is -0.0507. The molecule has 32 heavy (non-hydrogen) atoms. The van der Waals surface area contributed by atoms with Gasteiger partial charge >= 0.3 is 15.6 Å². The van der Waals surface area contributed by atoms with E-state index < -0.39 is 33.7 Å². The summed E-state index contributed by atoms with van der Waals surface area (Å²) >= 11 is 7.48. The standard InChI is InChI=1S/C20H16ClF3N2O4S2/c1-10-16-14(25-19(31-2)26-18(16)30-32(27,28)20(22,23)24)9-15(29-10)12-7-3-5-11-6-4-8-13(21)17(11)12/h3-8,10,15H,9H2,1-2H3. The maximum absolute atomic E-state index is 12.9. The molecule has 170 valence electrons. The van der Waals surface area contributed by atoms with Crippen LogP contribution in [0.2, 0.25) is 5.02 Å². The van der Waals surface area contributed by atoms with Gasteiger partial charge in [-0.25, -0.2) is 4.98 Å². The van der Waals surface area contributed by atoms with Gasteiger partial charge in [-0.3, -0.25) is 0 Å². The second-order valence-corrected chi connectivity index (χ2v) is 9.73. The minimum atomic E-state index is -5.91. The molecule has 0 fully saturated rings. The Balaban J connectivity index is 1.81. The fraction of sp³-hybridized carbons (Fsp3) is 0.300. The number of alkyl halides is 3. The van der Waals surface area contributed by atoms with E-state index in [1.807, 2.05) is 30.3 Å². The molecule has 0 saturated carbocycles. The largest absolute Gasteiger partial charge is 0.534 e. The molecule has 0 saturated heterocycles. The van der Waals surface area contributed by atoms with Gasteiger partial charge in [-0.05, 0) is 30.2 Å². The Kier molecular flexibility index (Phi) is 6.03. The van der Waals surface area contributed by atoms with Gasteiger partial charge in [-0.2, -0.15) is 26.6 Å². The fourth-order valence-corrected chi connectivity index (χ4v) is 4.75. The number of hydrogen-bond acceptors (Lipinski definition) is 7. The lowest BCUT2D eigenvalue weighted by Gasteiger charge is -2.31. The minimum absolute atomic E-state index is 0.0678. The van der Waals surface area contributed by atoms with E-state index in [-0.39, 0.29) is 17.1 Å². The second-order valence-electron chi connectivity index (χ2n) is 7.02. The Bertz CT molecular complexity index is 1300. The summed E-state index contributed by atoms with van der Waals surface area (Å²) in [6.45, 7) is 1.58. The van der Waals surface area contributed by atoms with E-state index in [4.69, 9.17) is 16.3 Å². The predicted molar refractivity (Wildman–Crippen MR) is 114 cm³/mol. The number of benzene rings is 2. The van der Waals surface area contributed by atoms with Crippen molar-refractivity contribution in [3.8, 4) is 5.88 Å². The first-order valence-electron chi connectivity index (χ1n) is 9.30. The van der Waals surface area contributed by atoms with Crippen LogP contribution >= 0.6 is 23.4 Å². The molecule has 0 aliphatic carbocycles. The molecule has 1 aromatic heterocycles. The number of hydrogen-bond donors (Lipinski definition) is 0. The van der Waals surface area contributed by atoms with E-state index in [0.717, 1.165) is 28.1 Å². The molecule has 3 aromatic rings. The third-order valence-corrected chi connectivity index (χ3v) is 6.82. The van der Waals surface area contributed by atoms with Gasteiger partial charge in [0, 0.05) is 16.8 Å². The molecule has 2 heterocycles. The third-order valence-electron chi connectivity index (χ3n) is 5.01. The van der Waals surface area contributed by atoms with Crippen LogP contribution in [0.5, 0.6) is 5.88 Å². The molecule has 2 unspecified atom stereocenters. The molecule has 0 bridgehead atoms. The Labute approximate surface area is 191 Å². The first kappa shape index (κ1) is 23.1. The van der Waals surface area contributed by atoms with Gasteiger partial charge in [0.2, 0.25) is 5.88 Å². The monoisotopic (exact) mass is 504 g/mol. The highest BCUT2D eigenvalue weighted by atomic mass is 35.5. The summed E-state index contributed by atoms with van der Waals surface area (Å²) in [6, 6.07) is 11.1. The number of fused-ring (bicyclic) bond motifs is 2. The van der Waals surface area contributed by atoms with Gasteiger partial charge in [0.25, 0.3) is 0 Å². The van der Waals surface area contributed by atoms with Gasteiger partial charge in [0.15, 0.2) is 5.16 Å². The SMILES string of the molecule is CSc1nc2c(c(OS(=O)(=O)C(F)(F)F)n1)C(C)OC(c1cccc3cccc(Cl)c13)C2. The van der Waals surface area contributed by atoms with Crippen molar-refractivity contribution >= 4 is 44.3 Å². The molecule has 4 rings (SSSR count). The Morgan fingerprint density at radius 2 is 1.88 bits per heavy atom. The minimum Gasteiger partial charge on any atom is -0.365 e. The average molecular weight is 505 g/mol. The van der Waals surface area contributed by atoms with E-state index in [9.17, 15) is 21.6 Å². The first-order chi connectivity index (χ1) is 15.0. The summed E-state index contributed by atoms with van der Waals surface area (Å²) in [5.74, 6) is -0.682. The molecule has 12 heteroatoms. The van der Waals surface area contributed by atoms with E-state index >= 15 is 0 Å². The van der Waals surface area contributed by atoms with Crippen LogP contribution < -0.4 is 4.18 Å². The number of nitrogens with zero attached hydrogens (tertiary/aromatic N) is 2. The van der Waals surface area contributed by atoms with Crippen molar-refractivity contribution in [2.45, 2.75) is 36.2 Å². The molecular formula is C20H16ClF3N2O4S2. The van der Waals surface area contributed by atoms with Crippen LogP contribution in [0.4, 0.5) is 13.2 Å². The molecule has 6 nitrogen and oxygen atoms in total. The molecule has 0 spiro atoms. The Hall–Kier alpha value is -2.08. The zero-order valence-electron chi connectivity index (χ0n) is 16.7. The predicted octanol–water partition coefficient (Wildman–Crippen LogP) is 5.61. The van der Waals surface area contributed by atoms with Crippen LogP contribution in [0.15, 0.2) is 41.6 Å². The van der Waals surface area contributed by atoms with Crippen molar-refractivity contribution in [3.63, 3.8) is 0 Å². The van der Waals surface area contributed by atoms with Crippen LogP contribution in [0, 0.1) is 0 Å². The van der Waals surface area contributed by atoms with E-state index in [2.05, 4.69) is 14.2 Å². The first-order valence-corrected chi connectivity index (χ1v) is 12.3. The van der Waals surface area contributed by atoms with E-state index in [0.29, 0.717) is 10.7 Å². The Morgan fingerprint density at radius 1 is 1.19 bits per heavy atom. The maximum atomic E-state index is 12.9. The lowest BCUT2D eigenvalue weighted by atomic mass is 9.93. The topological polar surface area (TPSA) is 78.4 Å². The van der Waals surface area contributed by atoms with Crippen molar-refractivity contribution in [1.29, 1.82) is 0 Å². The van der Waals surface area contributed by atoms with Gasteiger partial charge in [-0.1, -0.05) is 53.7 Å². The van der Waals surface area contributed by atoms with Crippen molar-refractivity contribution in [2.75, 3.05) is 6.26 Å². The van der Waals surface area contributed by atoms with Crippen LogP contribution in [-0.4, -0.2) is 30.1 Å². The number of thioether (sulfide) groups is 1. The highest BCUT2D eigenvalue weighted by molar-refractivity contribution is 7.98. The van der Waals surface area contributed by atoms with Gasteiger partial charge in [-0.15, -0.1) is 0 Å². The molecule has 1 aliphatic rings. The molecule has 2 atom stereocenters. The van der Waals surface area contributed by atoms with Crippen molar-refractivity contribution in [1.82, 2.24) is 9.97 Å². The molecule has 1 aliphatic heterocycles. The summed E-state index contributed by atoms with van der Waals surface area (Å²) < 4.78 is 72.4. The second kappa shape index (κ2) is 8.36. The average Bonchev–Trinajstić information content (AvgIpc) is 2.71. The van der Waals surface area contributed by atoms with Crippen molar-refractivity contribution in [2.24, 2.45) is 0 Å². The highest BCUT2D eigenvalue weighted by Crippen LogP contribution is 2.44. The van der Waals surface area contributed by atoms with Crippen molar-refractivity contribution < 1.29 is 30.5 Å².